The summed E-state index contributed by atoms with van der Waals surface area (Å²) in [6, 6.07) is 4.19. The summed E-state index contributed by atoms with van der Waals surface area (Å²) in [4.78, 5) is 25.9. The number of hydrogen-bond donors (Lipinski definition) is 1. The van der Waals surface area contributed by atoms with E-state index in [1.165, 1.54) is 7.11 Å². The molecular formula is C15H18Cl2N2O3. The highest BCUT2D eigenvalue weighted by atomic mass is 35.5. The number of methoxy groups -OCH3 is 1. The van der Waals surface area contributed by atoms with Crippen molar-refractivity contribution in [3.8, 4) is 0 Å². The van der Waals surface area contributed by atoms with Gasteiger partial charge in [-0.05, 0) is 18.9 Å². The highest BCUT2D eigenvalue weighted by molar-refractivity contribution is 6.42. The van der Waals surface area contributed by atoms with Crippen LogP contribution in [0.15, 0.2) is 18.2 Å². The van der Waals surface area contributed by atoms with Crippen LogP contribution in [0.3, 0.4) is 0 Å². The highest BCUT2D eigenvalue weighted by Gasteiger charge is 2.26. The van der Waals surface area contributed by atoms with Gasteiger partial charge in [-0.3, -0.25) is 10.1 Å². The molecule has 1 atom stereocenters. The summed E-state index contributed by atoms with van der Waals surface area (Å²) in [7, 11) is 1.29. The van der Waals surface area contributed by atoms with Gasteiger partial charge in [0.05, 0.1) is 23.7 Å². The van der Waals surface area contributed by atoms with Crippen molar-refractivity contribution >= 4 is 35.1 Å². The first-order valence-corrected chi connectivity index (χ1v) is 7.83. The van der Waals surface area contributed by atoms with Gasteiger partial charge in [-0.25, -0.2) is 4.79 Å². The van der Waals surface area contributed by atoms with Crippen LogP contribution in [0.5, 0.6) is 0 Å². The van der Waals surface area contributed by atoms with Crippen LogP contribution in [0.25, 0.3) is 0 Å². The Balaban J connectivity index is 2.11. The molecule has 1 saturated heterocycles. The van der Waals surface area contributed by atoms with Gasteiger partial charge in [-0.2, -0.15) is 0 Å². The fourth-order valence-corrected chi connectivity index (χ4v) is 2.87. The molecule has 0 aliphatic carbocycles. The summed E-state index contributed by atoms with van der Waals surface area (Å²) < 4.78 is 4.79. The molecule has 5 nitrogen and oxygen atoms in total. The Bertz CT molecular complexity index is 560. The first kappa shape index (κ1) is 17.1. The minimum Gasteiger partial charge on any atom is -0.468 e. The molecule has 1 aliphatic heterocycles. The zero-order valence-electron chi connectivity index (χ0n) is 12.3. The third-order valence-electron chi connectivity index (χ3n) is 3.65. The Morgan fingerprint density at radius 2 is 2.00 bits per heavy atom. The zero-order chi connectivity index (χ0) is 16.1. The number of carbonyl (C=O) groups excluding carboxylic acids is 2. The Kier molecular flexibility index (Phi) is 6.06. The molecule has 0 radical (unpaired) electrons. The Labute approximate surface area is 139 Å². The van der Waals surface area contributed by atoms with Gasteiger partial charge in [-0.15, -0.1) is 0 Å². The molecule has 1 aliphatic rings. The van der Waals surface area contributed by atoms with E-state index in [1.54, 1.807) is 23.1 Å². The predicted molar refractivity (Wildman–Crippen MR) is 85.0 cm³/mol. The summed E-state index contributed by atoms with van der Waals surface area (Å²) in [5.41, 5.74) is 0.496. The van der Waals surface area contributed by atoms with Crippen LogP contribution in [0, 0.1) is 0 Å². The van der Waals surface area contributed by atoms with Gasteiger partial charge in [0.2, 0.25) is 5.91 Å². The maximum atomic E-state index is 12.1. The monoisotopic (exact) mass is 344 g/mol. The van der Waals surface area contributed by atoms with Crippen LogP contribution < -0.4 is 5.32 Å². The number of esters is 1. The number of halogens is 2. The molecule has 1 fully saturated rings. The van der Waals surface area contributed by atoms with E-state index in [0.29, 0.717) is 10.6 Å². The molecule has 0 saturated carbocycles. The lowest BCUT2D eigenvalue weighted by Crippen LogP contribution is -2.40. The molecule has 1 heterocycles. The van der Waals surface area contributed by atoms with Crippen molar-refractivity contribution in [2.24, 2.45) is 0 Å². The fraction of sp³-hybridized carbons (Fsp3) is 0.467. The van der Waals surface area contributed by atoms with Crippen LogP contribution in [0.2, 0.25) is 10.0 Å². The van der Waals surface area contributed by atoms with E-state index in [-0.39, 0.29) is 17.5 Å². The third kappa shape index (κ3) is 3.91. The number of carbonyl (C=O) groups is 2. The molecule has 22 heavy (non-hydrogen) atoms. The molecule has 0 spiro atoms. The van der Waals surface area contributed by atoms with Gasteiger partial charge in [0.1, 0.15) is 6.04 Å². The summed E-state index contributed by atoms with van der Waals surface area (Å²) in [5, 5.41) is 3.55. The Hall–Kier alpha value is -1.30. The lowest BCUT2D eigenvalue weighted by atomic mass is 10.1. The van der Waals surface area contributed by atoms with Crippen molar-refractivity contribution in [3.05, 3.63) is 33.8 Å². The second-order valence-electron chi connectivity index (χ2n) is 5.07. The van der Waals surface area contributed by atoms with Crippen molar-refractivity contribution in [2.45, 2.75) is 18.9 Å². The molecule has 1 N–H and O–H groups in total. The molecule has 7 heteroatoms. The van der Waals surface area contributed by atoms with Crippen LogP contribution >= 0.6 is 23.2 Å². The topological polar surface area (TPSA) is 58.6 Å². The molecule has 1 unspecified atom stereocenters. The summed E-state index contributed by atoms with van der Waals surface area (Å²) in [6.07, 6.45) is 2.04. The van der Waals surface area contributed by atoms with E-state index >= 15 is 0 Å². The SMILES string of the molecule is COC(=O)C(NCC(=O)N1CCCC1)c1cccc(Cl)c1Cl. The highest BCUT2D eigenvalue weighted by Crippen LogP contribution is 2.30. The first-order valence-electron chi connectivity index (χ1n) is 7.07. The summed E-state index contributed by atoms with van der Waals surface area (Å²) >= 11 is 12.1. The van der Waals surface area contributed by atoms with Gasteiger partial charge in [0, 0.05) is 18.7 Å². The Morgan fingerprint density at radius 1 is 1.32 bits per heavy atom. The standard InChI is InChI=1S/C15H18Cl2N2O3/c1-22-15(21)14(10-5-4-6-11(16)13(10)17)18-9-12(20)19-7-2-3-8-19/h4-6,14,18H,2-3,7-9H2,1H3. The number of hydrogen-bond acceptors (Lipinski definition) is 4. The van der Waals surface area contributed by atoms with E-state index in [9.17, 15) is 9.59 Å². The number of likely N-dealkylation sites (tertiary alicyclic amines) is 1. The van der Waals surface area contributed by atoms with Gasteiger partial charge in [0.25, 0.3) is 0 Å². The average Bonchev–Trinajstić information content (AvgIpc) is 3.05. The van der Waals surface area contributed by atoms with Gasteiger partial charge >= 0.3 is 5.97 Å². The largest absolute Gasteiger partial charge is 0.468 e. The van der Waals surface area contributed by atoms with Gasteiger partial charge in [-0.1, -0.05) is 35.3 Å². The van der Waals surface area contributed by atoms with E-state index < -0.39 is 12.0 Å². The smallest absolute Gasteiger partial charge is 0.327 e. The van der Waals surface area contributed by atoms with E-state index in [4.69, 9.17) is 27.9 Å². The van der Waals surface area contributed by atoms with Crippen molar-refractivity contribution < 1.29 is 14.3 Å². The molecule has 1 aromatic carbocycles. The van der Waals surface area contributed by atoms with Gasteiger partial charge in [0.15, 0.2) is 0 Å². The molecular weight excluding hydrogens is 327 g/mol. The number of rotatable bonds is 5. The van der Waals surface area contributed by atoms with E-state index in [1.807, 2.05) is 0 Å². The minimum atomic E-state index is -0.831. The number of nitrogens with zero attached hydrogens (tertiary/aromatic N) is 1. The fourth-order valence-electron chi connectivity index (χ4n) is 2.45. The first-order chi connectivity index (χ1) is 10.5. The lowest BCUT2D eigenvalue weighted by Gasteiger charge is -2.21. The Morgan fingerprint density at radius 3 is 2.64 bits per heavy atom. The second-order valence-corrected chi connectivity index (χ2v) is 5.85. The van der Waals surface area contributed by atoms with Crippen LogP contribution in [0.4, 0.5) is 0 Å². The van der Waals surface area contributed by atoms with Gasteiger partial charge < -0.3 is 9.64 Å². The molecule has 120 valence electrons. The maximum Gasteiger partial charge on any atom is 0.327 e. The van der Waals surface area contributed by atoms with Crippen molar-refractivity contribution in [3.63, 3.8) is 0 Å². The molecule has 1 aromatic rings. The summed E-state index contributed by atoms with van der Waals surface area (Å²) in [5.74, 6) is -0.553. The van der Waals surface area contributed by atoms with Crippen LogP contribution in [0.1, 0.15) is 24.4 Å². The number of amides is 1. The van der Waals surface area contributed by atoms with Crippen LogP contribution in [-0.4, -0.2) is 43.5 Å². The second kappa shape index (κ2) is 7.81. The van der Waals surface area contributed by atoms with Crippen LogP contribution in [-0.2, 0) is 14.3 Å². The van der Waals surface area contributed by atoms with Crippen molar-refractivity contribution in [1.82, 2.24) is 10.2 Å². The normalized spacial score (nSPS) is 15.7. The van der Waals surface area contributed by atoms with Crippen molar-refractivity contribution in [1.29, 1.82) is 0 Å². The quantitative estimate of drug-likeness (QED) is 0.833. The number of nitrogens with one attached hydrogen (secondary N) is 1. The minimum absolute atomic E-state index is 0.0375. The summed E-state index contributed by atoms with van der Waals surface area (Å²) in [6.45, 7) is 1.57. The van der Waals surface area contributed by atoms with E-state index in [2.05, 4.69) is 5.32 Å². The molecule has 0 bridgehead atoms. The average molecular weight is 345 g/mol. The maximum absolute atomic E-state index is 12.1. The molecule has 1 amide bonds. The predicted octanol–water partition coefficient (Wildman–Crippen LogP) is 2.42. The molecule has 2 rings (SSSR count). The zero-order valence-corrected chi connectivity index (χ0v) is 13.8. The van der Waals surface area contributed by atoms with E-state index in [0.717, 1.165) is 25.9 Å². The molecule has 0 aromatic heterocycles. The number of benzene rings is 1. The van der Waals surface area contributed by atoms with Crippen molar-refractivity contribution in [2.75, 3.05) is 26.7 Å². The third-order valence-corrected chi connectivity index (χ3v) is 4.48. The lowest BCUT2D eigenvalue weighted by molar-refractivity contribution is -0.143. The number of ether oxygens (including phenoxy) is 1.